The molecule has 20 heavy (non-hydrogen) atoms. The van der Waals surface area contributed by atoms with Crippen LogP contribution in [0.15, 0.2) is 33.5 Å². The van der Waals surface area contributed by atoms with Gasteiger partial charge in [0.1, 0.15) is 11.3 Å². The maximum Gasteiger partial charge on any atom is 0.336 e. The number of ether oxygens (including phenoxy) is 1. The highest BCUT2D eigenvalue weighted by Crippen LogP contribution is 2.22. The van der Waals surface area contributed by atoms with Crippen LogP contribution < -0.4 is 21.4 Å². The van der Waals surface area contributed by atoms with Crippen molar-refractivity contribution in [2.75, 3.05) is 6.61 Å². The van der Waals surface area contributed by atoms with Gasteiger partial charge in [-0.2, -0.15) is 0 Å². The Bertz CT molecular complexity index is 735. The molecular weight excluding hydrogens is 264 g/mol. The first-order valence-corrected chi connectivity index (χ1v) is 5.72. The number of nitrogens with two attached hydrogens (primary N) is 1. The van der Waals surface area contributed by atoms with E-state index in [1.807, 2.05) is 5.32 Å². The second-order valence-corrected chi connectivity index (χ2v) is 4.11. The number of carbonyl (C=O) groups is 2. The summed E-state index contributed by atoms with van der Waals surface area (Å²) in [4.78, 5) is 32.9. The molecule has 7 nitrogen and oxygen atoms in total. The molecule has 0 saturated heterocycles. The van der Waals surface area contributed by atoms with Crippen molar-refractivity contribution in [3.05, 3.63) is 40.2 Å². The number of amides is 3. The summed E-state index contributed by atoms with van der Waals surface area (Å²) in [5, 5.41) is 2.65. The molecule has 7 heteroatoms. The number of nitrogens with one attached hydrogen (secondary N) is 1. The summed E-state index contributed by atoms with van der Waals surface area (Å²) in [5.41, 5.74) is 5.48. The lowest BCUT2D eigenvalue weighted by molar-refractivity contribution is -0.121. The molecule has 104 valence electrons. The molecule has 1 aromatic carbocycles. The van der Waals surface area contributed by atoms with Crippen LogP contribution in [0, 0.1) is 6.92 Å². The van der Waals surface area contributed by atoms with Gasteiger partial charge in [0.15, 0.2) is 6.61 Å². The van der Waals surface area contributed by atoms with Crippen molar-refractivity contribution in [1.29, 1.82) is 0 Å². The van der Waals surface area contributed by atoms with Gasteiger partial charge in [-0.25, -0.2) is 9.59 Å². The summed E-state index contributed by atoms with van der Waals surface area (Å²) in [7, 11) is 0. The molecule has 3 N–H and O–H groups in total. The topological polar surface area (TPSA) is 112 Å². The molecule has 2 aromatic rings. The lowest BCUT2D eigenvalue weighted by Crippen LogP contribution is -2.38. The highest BCUT2D eigenvalue weighted by atomic mass is 16.5. The van der Waals surface area contributed by atoms with Crippen molar-refractivity contribution >= 4 is 22.9 Å². The number of rotatable bonds is 3. The minimum Gasteiger partial charge on any atom is -0.484 e. The maximum absolute atomic E-state index is 11.3. The molecule has 3 amide bonds. The van der Waals surface area contributed by atoms with E-state index in [1.165, 1.54) is 12.1 Å². The lowest BCUT2D eigenvalue weighted by Gasteiger charge is -2.07. The number of hydrogen-bond acceptors (Lipinski definition) is 5. The molecule has 1 aromatic heterocycles. The quantitative estimate of drug-likeness (QED) is 0.800. The first kappa shape index (κ1) is 13.6. The third-order valence-electron chi connectivity index (χ3n) is 2.56. The zero-order valence-corrected chi connectivity index (χ0v) is 10.6. The number of imide groups is 1. The SMILES string of the molecule is Cc1cc(=O)oc2cc(OCC(=O)NC(N)=O)ccc12. The van der Waals surface area contributed by atoms with Gasteiger partial charge in [-0.3, -0.25) is 10.1 Å². The fourth-order valence-corrected chi connectivity index (χ4v) is 1.72. The number of carbonyl (C=O) groups excluding carboxylic acids is 2. The van der Waals surface area contributed by atoms with Crippen molar-refractivity contribution in [1.82, 2.24) is 5.32 Å². The first-order valence-electron chi connectivity index (χ1n) is 5.72. The van der Waals surface area contributed by atoms with Crippen molar-refractivity contribution in [2.24, 2.45) is 5.73 Å². The number of fused-ring (bicyclic) bond motifs is 1. The van der Waals surface area contributed by atoms with Crippen molar-refractivity contribution in [2.45, 2.75) is 6.92 Å². The number of hydrogen-bond donors (Lipinski definition) is 2. The average Bonchev–Trinajstić information content (AvgIpc) is 2.34. The highest BCUT2D eigenvalue weighted by molar-refractivity contribution is 5.94. The van der Waals surface area contributed by atoms with Gasteiger partial charge in [0.05, 0.1) is 0 Å². The van der Waals surface area contributed by atoms with Gasteiger partial charge in [0, 0.05) is 17.5 Å². The fraction of sp³-hybridized carbons (Fsp3) is 0.154. The van der Waals surface area contributed by atoms with Crippen LogP contribution in [-0.4, -0.2) is 18.5 Å². The van der Waals surface area contributed by atoms with Crippen LogP contribution in [0.3, 0.4) is 0 Å². The van der Waals surface area contributed by atoms with Crippen LogP contribution in [0.4, 0.5) is 4.79 Å². The van der Waals surface area contributed by atoms with Crippen molar-refractivity contribution in [3.8, 4) is 5.75 Å². The van der Waals surface area contributed by atoms with Gasteiger partial charge in [-0.15, -0.1) is 0 Å². The minimum absolute atomic E-state index is 0.339. The molecule has 2 rings (SSSR count). The number of benzene rings is 1. The Kier molecular flexibility index (Phi) is 3.69. The molecule has 0 atom stereocenters. The summed E-state index contributed by atoms with van der Waals surface area (Å²) in [6, 6.07) is 5.30. The Morgan fingerprint density at radius 3 is 2.80 bits per heavy atom. The molecule has 0 bridgehead atoms. The summed E-state index contributed by atoms with van der Waals surface area (Å²) in [6.45, 7) is 1.42. The van der Waals surface area contributed by atoms with Crippen LogP contribution in [0.2, 0.25) is 0 Å². The Balaban J connectivity index is 2.18. The van der Waals surface area contributed by atoms with E-state index in [4.69, 9.17) is 14.9 Å². The van der Waals surface area contributed by atoms with Gasteiger partial charge < -0.3 is 14.9 Å². The van der Waals surface area contributed by atoms with E-state index >= 15 is 0 Å². The molecular formula is C13H12N2O5. The average molecular weight is 276 g/mol. The summed E-state index contributed by atoms with van der Waals surface area (Å²) in [5.74, 6) is -0.325. The van der Waals surface area contributed by atoms with Gasteiger partial charge in [0.2, 0.25) is 0 Å². The second kappa shape index (κ2) is 5.43. The molecule has 0 radical (unpaired) electrons. The number of urea groups is 1. The van der Waals surface area contributed by atoms with Crippen LogP contribution in [0.1, 0.15) is 5.56 Å². The molecule has 0 aliphatic carbocycles. The molecule has 0 aliphatic heterocycles. The van der Waals surface area contributed by atoms with E-state index in [2.05, 4.69) is 0 Å². The summed E-state index contributed by atoms with van der Waals surface area (Å²) in [6.07, 6.45) is 0. The minimum atomic E-state index is -0.946. The smallest absolute Gasteiger partial charge is 0.336 e. The number of primary amides is 1. The molecule has 0 fully saturated rings. The van der Waals surface area contributed by atoms with E-state index in [1.54, 1.807) is 19.1 Å². The number of aryl methyl sites for hydroxylation is 1. The molecule has 0 unspecified atom stereocenters. The monoisotopic (exact) mass is 276 g/mol. The maximum atomic E-state index is 11.3. The molecule has 1 heterocycles. The van der Waals surface area contributed by atoms with E-state index in [0.717, 1.165) is 10.9 Å². The second-order valence-electron chi connectivity index (χ2n) is 4.11. The predicted molar refractivity (Wildman–Crippen MR) is 70.4 cm³/mol. The van der Waals surface area contributed by atoms with Gasteiger partial charge in [0.25, 0.3) is 5.91 Å². The van der Waals surface area contributed by atoms with Crippen LogP contribution in [0.5, 0.6) is 5.75 Å². The predicted octanol–water partition coefficient (Wildman–Crippen LogP) is 0.675. The van der Waals surface area contributed by atoms with Crippen LogP contribution in [0.25, 0.3) is 11.0 Å². The van der Waals surface area contributed by atoms with Crippen molar-refractivity contribution < 1.29 is 18.7 Å². The Hall–Kier alpha value is -2.83. The first-order chi connectivity index (χ1) is 9.45. The largest absolute Gasteiger partial charge is 0.484 e. The third kappa shape index (κ3) is 3.14. The summed E-state index contributed by atoms with van der Waals surface area (Å²) < 4.78 is 10.2. The Morgan fingerprint density at radius 1 is 1.35 bits per heavy atom. The van der Waals surface area contributed by atoms with Gasteiger partial charge in [-0.1, -0.05) is 0 Å². The van der Waals surface area contributed by atoms with E-state index in [9.17, 15) is 14.4 Å². The molecule has 0 saturated carbocycles. The van der Waals surface area contributed by atoms with E-state index < -0.39 is 17.6 Å². The normalized spacial score (nSPS) is 10.2. The van der Waals surface area contributed by atoms with Gasteiger partial charge in [-0.05, 0) is 24.6 Å². The highest BCUT2D eigenvalue weighted by Gasteiger charge is 2.07. The zero-order valence-electron chi connectivity index (χ0n) is 10.6. The summed E-state index contributed by atoms with van der Waals surface area (Å²) >= 11 is 0. The molecule has 0 spiro atoms. The van der Waals surface area contributed by atoms with Crippen LogP contribution in [-0.2, 0) is 4.79 Å². The Labute approximate surface area is 113 Å². The van der Waals surface area contributed by atoms with Crippen molar-refractivity contribution in [3.63, 3.8) is 0 Å². The fourth-order valence-electron chi connectivity index (χ4n) is 1.72. The van der Waals surface area contributed by atoms with E-state index in [0.29, 0.717) is 11.3 Å². The van der Waals surface area contributed by atoms with Gasteiger partial charge >= 0.3 is 11.7 Å². The third-order valence-corrected chi connectivity index (χ3v) is 2.56. The standard InChI is InChI=1S/C13H12N2O5/c1-7-4-12(17)20-10-5-8(2-3-9(7)10)19-6-11(16)15-13(14)18/h2-5H,6H2,1H3,(H3,14,15,16,18). The lowest BCUT2D eigenvalue weighted by atomic mass is 10.1. The van der Waals surface area contributed by atoms with Crippen LogP contribution >= 0.6 is 0 Å². The van der Waals surface area contributed by atoms with E-state index in [-0.39, 0.29) is 6.61 Å². The Morgan fingerprint density at radius 2 is 2.10 bits per heavy atom. The molecule has 0 aliphatic rings. The zero-order chi connectivity index (χ0) is 14.7.